The second kappa shape index (κ2) is 5.78. The van der Waals surface area contributed by atoms with E-state index in [0.717, 1.165) is 12.8 Å². The van der Waals surface area contributed by atoms with Crippen LogP contribution in [-0.4, -0.2) is 29.3 Å². The SMILES string of the molecule is O=C(c1ccc(Cl)o1)N(CCCl)C1CCCC1. The predicted molar refractivity (Wildman–Crippen MR) is 67.7 cm³/mol. The van der Waals surface area contributed by atoms with Crippen molar-refractivity contribution in [3.63, 3.8) is 0 Å². The Hall–Kier alpha value is -0.670. The van der Waals surface area contributed by atoms with E-state index in [2.05, 4.69) is 0 Å². The molecule has 0 atom stereocenters. The summed E-state index contributed by atoms with van der Waals surface area (Å²) < 4.78 is 5.16. The maximum atomic E-state index is 12.3. The zero-order valence-electron chi connectivity index (χ0n) is 9.49. The van der Waals surface area contributed by atoms with Crippen LogP contribution in [0, 0.1) is 0 Å². The molecule has 1 fully saturated rings. The van der Waals surface area contributed by atoms with Crippen LogP contribution in [0.5, 0.6) is 0 Å². The molecule has 5 heteroatoms. The fourth-order valence-corrected chi connectivity index (χ4v) is 2.66. The summed E-state index contributed by atoms with van der Waals surface area (Å²) in [6.07, 6.45) is 4.46. The minimum absolute atomic E-state index is 0.107. The van der Waals surface area contributed by atoms with Gasteiger partial charge in [-0.3, -0.25) is 4.79 Å². The Morgan fingerprint density at radius 2 is 2.12 bits per heavy atom. The number of rotatable bonds is 4. The normalized spacial score (nSPS) is 16.4. The lowest BCUT2D eigenvalue weighted by atomic mass is 10.2. The van der Waals surface area contributed by atoms with Crippen molar-refractivity contribution in [2.24, 2.45) is 0 Å². The van der Waals surface area contributed by atoms with E-state index in [1.165, 1.54) is 12.8 Å². The van der Waals surface area contributed by atoms with Crippen LogP contribution < -0.4 is 0 Å². The molecule has 1 heterocycles. The first-order chi connectivity index (χ1) is 8.22. The number of alkyl halides is 1. The van der Waals surface area contributed by atoms with E-state index in [4.69, 9.17) is 27.6 Å². The first-order valence-corrected chi connectivity index (χ1v) is 6.76. The average Bonchev–Trinajstić information content (AvgIpc) is 2.95. The van der Waals surface area contributed by atoms with Crippen molar-refractivity contribution in [1.82, 2.24) is 4.90 Å². The van der Waals surface area contributed by atoms with Crippen LogP contribution in [0.15, 0.2) is 16.5 Å². The molecule has 0 unspecified atom stereocenters. The number of amides is 1. The monoisotopic (exact) mass is 275 g/mol. The minimum Gasteiger partial charge on any atom is -0.440 e. The molecule has 1 aromatic rings. The van der Waals surface area contributed by atoms with Crippen LogP contribution in [0.25, 0.3) is 0 Å². The molecule has 0 N–H and O–H groups in total. The zero-order chi connectivity index (χ0) is 12.3. The number of halogens is 2. The molecule has 0 radical (unpaired) electrons. The largest absolute Gasteiger partial charge is 0.440 e. The lowest BCUT2D eigenvalue weighted by molar-refractivity contribution is 0.0662. The van der Waals surface area contributed by atoms with Crippen molar-refractivity contribution < 1.29 is 9.21 Å². The molecule has 1 saturated carbocycles. The average molecular weight is 276 g/mol. The number of carbonyl (C=O) groups is 1. The summed E-state index contributed by atoms with van der Waals surface area (Å²) in [5, 5.41) is 0.241. The topological polar surface area (TPSA) is 33.5 Å². The highest BCUT2D eigenvalue weighted by atomic mass is 35.5. The first-order valence-electron chi connectivity index (χ1n) is 5.84. The molecule has 1 aliphatic carbocycles. The van der Waals surface area contributed by atoms with Gasteiger partial charge in [-0.1, -0.05) is 12.8 Å². The molecule has 0 saturated heterocycles. The van der Waals surface area contributed by atoms with Crippen molar-refractivity contribution >= 4 is 29.1 Å². The van der Waals surface area contributed by atoms with Gasteiger partial charge in [0.15, 0.2) is 11.0 Å². The van der Waals surface area contributed by atoms with Gasteiger partial charge in [-0.25, -0.2) is 0 Å². The van der Waals surface area contributed by atoms with Crippen molar-refractivity contribution in [1.29, 1.82) is 0 Å². The molecule has 0 spiro atoms. The quantitative estimate of drug-likeness (QED) is 0.788. The standard InChI is InChI=1S/C12H15Cl2NO2/c13-7-8-15(9-3-1-2-4-9)12(16)10-5-6-11(14)17-10/h5-6,9H,1-4,7-8H2. The molecular weight excluding hydrogens is 261 g/mol. The van der Waals surface area contributed by atoms with Crippen molar-refractivity contribution in [3.8, 4) is 0 Å². The third-order valence-electron chi connectivity index (χ3n) is 3.14. The van der Waals surface area contributed by atoms with Gasteiger partial charge in [-0.2, -0.15) is 0 Å². The fraction of sp³-hybridized carbons (Fsp3) is 0.583. The van der Waals surface area contributed by atoms with E-state index < -0.39 is 0 Å². The van der Waals surface area contributed by atoms with Crippen molar-refractivity contribution in [2.45, 2.75) is 31.7 Å². The lowest BCUT2D eigenvalue weighted by Crippen LogP contribution is -2.40. The second-order valence-corrected chi connectivity index (χ2v) is 4.98. The Morgan fingerprint density at radius 1 is 1.41 bits per heavy atom. The molecule has 0 aromatic carbocycles. The van der Waals surface area contributed by atoms with Gasteiger partial charge >= 0.3 is 0 Å². The third kappa shape index (κ3) is 2.96. The van der Waals surface area contributed by atoms with Crippen molar-refractivity contribution in [2.75, 3.05) is 12.4 Å². The summed E-state index contributed by atoms with van der Waals surface area (Å²) in [5.41, 5.74) is 0. The molecule has 2 rings (SSSR count). The second-order valence-electron chi connectivity index (χ2n) is 4.23. The molecule has 1 aromatic heterocycles. The molecular formula is C12H15Cl2NO2. The Bertz CT molecular complexity index is 386. The van der Waals surface area contributed by atoms with E-state index >= 15 is 0 Å². The number of nitrogens with zero attached hydrogens (tertiary/aromatic N) is 1. The van der Waals surface area contributed by atoms with Gasteiger partial charge < -0.3 is 9.32 Å². The molecule has 1 aliphatic rings. The highest BCUT2D eigenvalue weighted by Gasteiger charge is 2.28. The van der Waals surface area contributed by atoms with Crippen LogP contribution in [0.4, 0.5) is 0 Å². The van der Waals surface area contributed by atoms with Crippen LogP contribution in [0.1, 0.15) is 36.2 Å². The number of carbonyl (C=O) groups excluding carboxylic acids is 1. The van der Waals surface area contributed by atoms with E-state index in [1.54, 1.807) is 12.1 Å². The Kier molecular flexibility index (Phi) is 4.35. The van der Waals surface area contributed by atoms with Gasteiger partial charge in [0.25, 0.3) is 5.91 Å². The van der Waals surface area contributed by atoms with Gasteiger partial charge in [0.05, 0.1) is 0 Å². The van der Waals surface area contributed by atoms with Crippen LogP contribution in [0.3, 0.4) is 0 Å². The molecule has 17 heavy (non-hydrogen) atoms. The van der Waals surface area contributed by atoms with E-state index in [-0.39, 0.29) is 11.1 Å². The highest BCUT2D eigenvalue weighted by Crippen LogP contribution is 2.25. The number of hydrogen-bond donors (Lipinski definition) is 0. The van der Waals surface area contributed by atoms with Gasteiger partial charge in [-0.05, 0) is 36.6 Å². The van der Waals surface area contributed by atoms with E-state index in [0.29, 0.717) is 24.2 Å². The number of hydrogen-bond acceptors (Lipinski definition) is 2. The van der Waals surface area contributed by atoms with E-state index in [9.17, 15) is 4.79 Å². The Labute approximate surface area is 111 Å². The Balaban J connectivity index is 2.12. The maximum Gasteiger partial charge on any atom is 0.289 e. The molecule has 0 bridgehead atoms. The van der Waals surface area contributed by atoms with Gasteiger partial charge in [0, 0.05) is 18.5 Å². The maximum absolute atomic E-state index is 12.3. The molecule has 0 aliphatic heterocycles. The predicted octanol–water partition coefficient (Wildman–Crippen LogP) is 3.56. The summed E-state index contributed by atoms with van der Waals surface area (Å²) in [4.78, 5) is 14.1. The Morgan fingerprint density at radius 3 is 2.65 bits per heavy atom. The summed E-state index contributed by atoms with van der Waals surface area (Å²) in [5.74, 6) is 0.632. The van der Waals surface area contributed by atoms with Gasteiger partial charge in [0.2, 0.25) is 0 Å². The van der Waals surface area contributed by atoms with Crippen LogP contribution >= 0.6 is 23.2 Å². The summed E-state index contributed by atoms with van der Waals surface area (Å²) in [7, 11) is 0. The summed E-state index contributed by atoms with van der Waals surface area (Å²) in [6.45, 7) is 0.559. The molecule has 1 amide bonds. The summed E-state index contributed by atoms with van der Waals surface area (Å²) in [6, 6.07) is 3.49. The first kappa shape index (κ1) is 12.8. The molecule has 3 nitrogen and oxygen atoms in total. The summed E-state index contributed by atoms with van der Waals surface area (Å²) >= 11 is 11.4. The highest BCUT2D eigenvalue weighted by molar-refractivity contribution is 6.29. The van der Waals surface area contributed by atoms with Crippen LogP contribution in [-0.2, 0) is 0 Å². The minimum atomic E-state index is -0.107. The zero-order valence-corrected chi connectivity index (χ0v) is 11.0. The lowest BCUT2D eigenvalue weighted by Gasteiger charge is -2.27. The fourth-order valence-electron chi connectivity index (χ4n) is 2.33. The van der Waals surface area contributed by atoms with Gasteiger partial charge in [0.1, 0.15) is 0 Å². The smallest absolute Gasteiger partial charge is 0.289 e. The van der Waals surface area contributed by atoms with Crippen molar-refractivity contribution in [3.05, 3.63) is 23.1 Å². The molecule has 94 valence electrons. The third-order valence-corrected chi connectivity index (χ3v) is 3.51. The number of furan rings is 1. The van der Waals surface area contributed by atoms with Crippen LogP contribution in [0.2, 0.25) is 5.22 Å². The van der Waals surface area contributed by atoms with Gasteiger partial charge in [-0.15, -0.1) is 11.6 Å². The van der Waals surface area contributed by atoms with E-state index in [1.807, 2.05) is 4.90 Å².